The minimum Gasteiger partial charge on any atom is -0.327 e. The molecule has 1 heteroatoms. The molecule has 0 bridgehead atoms. The summed E-state index contributed by atoms with van der Waals surface area (Å²) in [6.07, 6.45) is 1.18. The number of nitrogens with two attached hydrogens (primary N) is 1. The lowest BCUT2D eigenvalue weighted by Crippen LogP contribution is -2.40. The van der Waals surface area contributed by atoms with Gasteiger partial charge in [0.05, 0.1) is 0 Å². The van der Waals surface area contributed by atoms with Crippen LogP contribution in [0.5, 0.6) is 0 Å². The molecule has 0 radical (unpaired) electrons. The van der Waals surface area contributed by atoms with Gasteiger partial charge in [0.2, 0.25) is 0 Å². The average molecular weight is 143 g/mol. The number of hydrogen-bond donors (Lipinski definition) is 1. The third-order valence-corrected chi connectivity index (χ3v) is 2.26. The molecule has 2 N–H and O–H groups in total. The van der Waals surface area contributed by atoms with Gasteiger partial charge in [0, 0.05) is 6.04 Å². The number of rotatable bonds is 2. The molecule has 10 heavy (non-hydrogen) atoms. The fourth-order valence-corrected chi connectivity index (χ4v) is 1.11. The molecule has 0 aliphatic heterocycles. The molecule has 62 valence electrons. The van der Waals surface area contributed by atoms with Crippen molar-refractivity contribution in [2.45, 2.75) is 47.1 Å². The zero-order chi connectivity index (χ0) is 8.36. The van der Waals surface area contributed by atoms with Crippen LogP contribution in [0.4, 0.5) is 0 Å². The Hall–Kier alpha value is -0.0400. The zero-order valence-electron chi connectivity index (χ0n) is 7.94. The van der Waals surface area contributed by atoms with Crippen LogP contribution in [0.1, 0.15) is 41.0 Å². The molecule has 0 fully saturated rings. The Kier molecular flexibility index (Phi) is 3.37. The highest BCUT2D eigenvalue weighted by Crippen LogP contribution is 2.24. The molecular formula is C9H21N. The van der Waals surface area contributed by atoms with Gasteiger partial charge >= 0.3 is 0 Å². The molecule has 0 spiro atoms. The highest BCUT2D eigenvalue weighted by molar-refractivity contribution is 4.80. The highest BCUT2D eigenvalue weighted by Gasteiger charge is 2.24. The van der Waals surface area contributed by atoms with Crippen molar-refractivity contribution in [3.63, 3.8) is 0 Å². The van der Waals surface area contributed by atoms with E-state index in [1.54, 1.807) is 0 Å². The summed E-state index contributed by atoms with van der Waals surface area (Å²) in [5.41, 5.74) is 6.26. The summed E-state index contributed by atoms with van der Waals surface area (Å²) in [7, 11) is 0. The van der Waals surface area contributed by atoms with Crippen LogP contribution in [-0.2, 0) is 0 Å². The molecule has 0 rings (SSSR count). The molecule has 2 unspecified atom stereocenters. The van der Waals surface area contributed by atoms with E-state index in [1.807, 2.05) is 0 Å². The standard InChI is InChI=1S/C9H21N/c1-6-7(2)8(10)9(3,4)5/h7-8H,6,10H2,1-5H3. The Balaban J connectivity index is 3.94. The first-order valence-corrected chi connectivity index (χ1v) is 4.15. The van der Waals surface area contributed by atoms with E-state index in [0.717, 1.165) is 0 Å². The molecule has 0 aliphatic rings. The Labute approximate surface area is 65.0 Å². The lowest BCUT2D eigenvalue weighted by atomic mass is 9.79. The van der Waals surface area contributed by atoms with Crippen LogP contribution >= 0.6 is 0 Å². The van der Waals surface area contributed by atoms with Crippen molar-refractivity contribution in [1.29, 1.82) is 0 Å². The van der Waals surface area contributed by atoms with E-state index < -0.39 is 0 Å². The second-order valence-corrected chi connectivity index (χ2v) is 4.28. The van der Waals surface area contributed by atoms with Gasteiger partial charge < -0.3 is 5.73 Å². The van der Waals surface area contributed by atoms with Crippen molar-refractivity contribution in [2.24, 2.45) is 17.1 Å². The third-order valence-electron chi connectivity index (χ3n) is 2.26. The third kappa shape index (κ3) is 2.70. The van der Waals surface area contributed by atoms with Gasteiger partial charge in [-0.3, -0.25) is 0 Å². The van der Waals surface area contributed by atoms with Crippen LogP contribution in [0.15, 0.2) is 0 Å². The fraction of sp³-hybridized carbons (Fsp3) is 1.00. The Morgan fingerprint density at radius 2 is 1.70 bits per heavy atom. The zero-order valence-corrected chi connectivity index (χ0v) is 7.94. The first-order chi connectivity index (χ1) is 4.39. The minimum atomic E-state index is 0.259. The molecule has 0 aliphatic carbocycles. The maximum absolute atomic E-state index is 6.00. The van der Waals surface area contributed by atoms with Gasteiger partial charge in [0.15, 0.2) is 0 Å². The smallest absolute Gasteiger partial charge is 0.0113 e. The van der Waals surface area contributed by atoms with Gasteiger partial charge in [-0.15, -0.1) is 0 Å². The predicted octanol–water partition coefficient (Wildman–Crippen LogP) is 2.41. The quantitative estimate of drug-likeness (QED) is 0.631. The monoisotopic (exact) mass is 143 g/mol. The summed E-state index contributed by atoms with van der Waals surface area (Å²) in [6.45, 7) is 11.0. The lowest BCUT2D eigenvalue weighted by molar-refractivity contribution is 0.244. The highest BCUT2D eigenvalue weighted by atomic mass is 14.7. The van der Waals surface area contributed by atoms with Gasteiger partial charge in [-0.2, -0.15) is 0 Å². The van der Waals surface area contributed by atoms with Crippen molar-refractivity contribution < 1.29 is 0 Å². The van der Waals surface area contributed by atoms with E-state index in [-0.39, 0.29) is 5.41 Å². The first-order valence-electron chi connectivity index (χ1n) is 4.15. The van der Waals surface area contributed by atoms with Gasteiger partial charge in [-0.05, 0) is 11.3 Å². The summed E-state index contributed by atoms with van der Waals surface area (Å²) >= 11 is 0. The van der Waals surface area contributed by atoms with Crippen LogP contribution in [0, 0.1) is 11.3 Å². The van der Waals surface area contributed by atoms with Crippen molar-refractivity contribution >= 4 is 0 Å². The van der Waals surface area contributed by atoms with Gasteiger partial charge in [0.25, 0.3) is 0 Å². The molecule has 0 aromatic heterocycles. The van der Waals surface area contributed by atoms with Crippen molar-refractivity contribution in [2.75, 3.05) is 0 Å². The van der Waals surface area contributed by atoms with Gasteiger partial charge in [-0.1, -0.05) is 41.0 Å². The first kappa shape index (κ1) is 9.96. The lowest BCUT2D eigenvalue weighted by Gasteiger charge is -2.31. The Morgan fingerprint density at radius 1 is 1.30 bits per heavy atom. The van der Waals surface area contributed by atoms with E-state index in [9.17, 15) is 0 Å². The molecule has 0 saturated carbocycles. The fourth-order valence-electron chi connectivity index (χ4n) is 1.11. The normalized spacial score (nSPS) is 18.6. The van der Waals surface area contributed by atoms with E-state index in [4.69, 9.17) is 5.73 Å². The van der Waals surface area contributed by atoms with Gasteiger partial charge in [0.1, 0.15) is 0 Å². The van der Waals surface area contributed by atoms with Crippen molar-refractivity contribution in [3.8, 4) is 0 Å². The predicted molar refractivity (Wildman–Crippen MR) is 46.9 cm³/mol. The number of hydrogen-bond acceptors (Lipinski definition) is 1. The molecule has 0 aromatic rings. The molecule has 0 heterocycles. The van der Waals surface area contributed by atoms with Crippen LogP contribution in [0.25, 0.3) is 0 Å². The second kappa shape index (κ2) is 3.38. The summed E-state index contributed by atoms with van der Waals surface area (Å²) in [6, 6.07) is 0.331. The maximum atomic E-state index is 6.00. The molecule has 0 aromatic carbocycles. The largest absolute Gasteiger partial charge is 0.327 e. The molecule has 1 nitrogen and oxygen atoms in total. The molecule has 0 saturated heterocycles. The summed E-state index contributed by atoms with van der Waals surface area (Å²) < 4.78 is 0. The Bertz CT molecular complexity index is 91.4. The molecule has 0 amide bonds. The van der Waals surface area contributed by atoms with Crippen molar-refractivity contribution in [1.82, 2.24) is 0 Å². The molecule has 2 atom stereocenters. The minimum absolute atomic E-state index is 0.259. The molecular weight excluding hydrogens is 122 g/mol. The average Bonchev–Trinajstić information content (AvgIpc) is 1.83. The van der Waals surface area contributed by atoms with E-state index in [2.05, 4.69) is 34.6 Å². The Morgan fingerprint density at radius 3 is 1.80 bits per heavy atom. The topological polar surface area (TPSA) is 26.0 Å². The van der Waals surface area contributed by atoms with Crippen LogP contribution in [0.2, 0.25) is 0 Å². The van der Waals surface area contributed by atoms with Crippen LogP contribution < -0.4 is 5.73 Å². The van der Waals surface area contributed by atoms with E-state index >= 15 is 0 Å². The maximum Gasteiger partial charge on any atom is 0.0113 e. The van der Waals surface area contributed by atoms with Gasteiger partial charge in [-0.25, -0.2) is 0 Å². The summed E-state index contributed by atoms with van der Waals surface area (Å²) in [5, 5.41) is 0. The van der Waals surface area contributed by atoms with E-state index in [1.165, 1.54) is 6.42 Å². The summed E-state index contributed by atoms with van der Waals surface area (Å²) in [5.74, 6) is 0.639. The van der Waals surface area contributed by atoms with Crippen molar-refractivity contribution in [3.05, 3.63) is 0 Å². The van der Waals surface area contributed by atoms with Crippen LogP contribution in [0.3, 0.4) is 0 Å². The SMILES string of the molecule is CCC(C)C(N)C(C)(C)C. The second-order valence-electron chi connectivity index (χ2n) is 4.28. The summed E-state index contributed by atoms with van der Waals surface area (Å²) in [4.78, 5) is 0. The van der Waals surface area contributed by atoms with Crippen LogP contribution in [-0.4, -0.2) is 6.04 Å². The van der Waals surface area contributed by atoms with E-state index in [0.29, 0.717) is 12.0 Å².